The second-order valence-electron chi connectivity index (χ2n) is 9.20. The number of Topliss-reactive ketones (excluding diaryl/α,β-unsaturated/α-hetero) is 1. The van der Waals surface area contributed by atoms with Crippen molar-refractivity contribution in [3.8, 4) is 0 Å². The molecule has 0 bridgehead atoms. The van der Waals surface area contributed by atoms with Crippen LogP contribution in [0, 0.1) is 11.8 Å². The summed E-state index contributed by atoms with van der Waals surface area (Å²) >= 11 is 12.4. The molecular weight excluding hydrogens is 427 g/mol. The zero-order chi connectivity index (χ0) is 21.6. The molecule has 0 radical (unpaired) electrons. The number of halogens is 2. The maximum absolute atomic E-state index is 12.4. The molecule has 2 saturated heterocycles. The molecule has 0 unspecified atom stereocenters. The van der Waals surface area contributed by atoms with Gasteiger partial charge in [-0.3, -0.25) is 9.69 Å². The van der Waals surface area contributed by atoms with Crippen LogP contribution in [0.2, 0.25) is 10.0 Å². The molecule has 4 rings (SSSR count). The Kier molecular flexibility index (Phi) is 8.06. The number of piperidine rings is 1. The molecule has 2 aromatic carbocycles. The first-order valence-electron chi connectivity index (χ1n) is 11.5. The van der Waals surface area contributed by atoms with E-state index < -0.39 is 0 Å². The standard InChI is InChI=1S/C26H32Cl2N2O/c27-24-8-7-23(25(28)16-24)19-30-15-12-21(18-30)17-29-13-10-20(11-14-29)6-9-26(31)22-4-2-1-3-5-22/h1-5,7-8,16,20-21H,6,9-15,17-19H2/t21-/m1/s1. The highest BCUT2D eigenvalue weighted by Gasteiger charge is 2.27. The summed E-state index contributed by atoms with van der Waals surface area (Å²) in [5.74, 6) is 1.72. The maximum Gasteiger partial charge on any atom is 0.162 e. The Hall–Kier alpha value is -1.39. The molecule has 0 N–H and O–H groups in total. The second kappa shape index (κ2) is 11.0. The summed E-state index contributed by atoms with van der Waals surface area (Å²) in [5, 5.41) is 1.46. The van der Waals surface area contributed by atoms with E-state index in [1.54, 1.807) is 0 Å². The minimum atomic E-state index is 0.287. The highest BCUT2D eigenvalue weighted by Crippen LogP contribution is 2.27. The van der Waals surface area contributed by atoms with Crippen molar-refractivity contribution in [3.63, 3.8) is 0 Å². The van der Waals surface area contributed by atoms with Gasteiger partial charge in [0.05, 0.1) is 0 Å². The second-order valence-corrected chi connectivity index (χ2v) is 10.0. The Labute approximate surface area is 196 Å². The normalized spacial score (nSPS) is 20.9. The number of benzene rings is 2. The van der Waals surface area contributed by atoms with Gasteiger partial charge >= 0.3 is 0 Å². The number of rotatable bonds is 8. The molecule has 0 saturated carbocycles. The first-order chi connectivity index (χ1) is 15.1. The van der Waals surface area contributed by atoms with Crippen LogP contribution < -0.4 is 0 Å². The molecule has 2 aromatic rings. The Balaban J connectivity index is 1.15. The van der Waals surface area contributed by atoms with Crippen LogP contribution in [0.15, 0.2) is 48.5 Å². The van der Waals surface area contributed by atoms with Crippen molar-refractivity contribution in [1.29, 1.82) is 0 Å². The number of likely N-dealkylation sites (tertiary alicyclic amines) is 2. The lowest BCUT2D eigenvalue weighted by molar-refractivity contribution is 0.0959. The first kappa shape index (κ1) is 22.8. The van der Waals surface area contributed by atoms with Crippen LogP contribution in [0.1, 0.15) is 48.0 Å². The number of nitrogens with zero attached hydrogens (tertiary/aromatic N) is 2. The zero-order valence-electron chi connectivity index (χ0n) is 18.1. The van der Waals surface area contributed by atoms with Gasteiger partial charge < -0.3 is 4.90 Å². The van der Waals surface area contributed by atoms with Crippen LogP contribution >= 0.6 is 23.2 Å². The Morgan fingerprint density at radius 1 is 0.903 bits per heavy atom. The van der Waals surface area contributed by atoms with E-state index in [-0.39, 0.29) is 5.78 Å². The molecule has 31 heavy (non-hydrogen) atoms. The van der Waals surface area contributed by atoms with Gasteiger partial charge in [0.2, 0.25) is 0 Å². The summed E-state index contributed by atoms with van der Waals surface area (Å²) in [5.41, 5.74) is 2.02. The monoisotopic (exact) mass is 458 g/mol. The maximum atomic E-state index is 12.4. The Morgan fingerprint density at radius 3 is 2.35 bits per heavy atom. The van der Waals surface area contributed by atoms with Crippen molar-refractivity contribution in [3.05, 3.63) is 69.7 Å². The van der Waals surface area contributed by atoms with Crippen LogP contribution in [0.5, 0.6) is 0 Å². The average Bonchev–Trinajstić information content (AvgIpc) is 3.22. The van der Waals surface area contributed by atoms with Crippen molar-refractivity contribution < 1.29 is 4.79 Å². The topological polar surface area (TPSA) is 23.6 Å². The van der Waals surface area contributed by atoms with Gasteiger partial charge in [-0.2, -0.15) is 0 Å². The molecule has 3 nitrogen and oxygen atoms in total. The highest BCUT2D eigenvalue weighted by molar-refractivity contribution is 6.35. The average molecular weight is 459 g/mol. The molecule has 0 spiro atoms. The van der Waals surface area contributed by atoms with Crippen molar-refractivity contribution >= 4 is 29.0 Å². The fourth-order valence-electron chi connectivity index (χ4n) is 5.02. The van der Waals surface area contributed by atoms with E-state index in [2.05, 4.69) is 9.80 Å². The lowest BCUT2D eigenvalue weighted by Gasteiger charge is -2.33. The van der Waals surface area contributed by atoms with Crippen LogP contribution in [0.25, 0.3) is 0 Å². The van der Waals surface area contributed by atoms with Crippen molar-refractivity contribution in [1.82, 2.24) is 9.80 Å². The molecule has 2 aliphatic rings. The summed E-state index contributed by atoms with van der Waals surface area (Å²) in [7, 11) is 0. The number of carbonyl (C=O) groups is 1. The van der Waals surface area contributed by atoms with E-state index in [9.17, 15) is 4.79 Å². The third kappa shape index (κ3) is 6.55. The smallest absolute Gasteiger partial charge is 0.162 e. The fraction of sp³-hybridized carbons (Fsp3) is 0.500. The van der Waals surface area contributed by atoms with E-state index in [0.29, 0.717) is 17.4 Å². The molecule has 2 fully saturated rings. The molecule has 0 aliphatic carbocycles. The highest BCUT2D eigenvalue weighted by atomic mass is 35.5. The fourth-order valence-corrected chi connectivity index (χ4v) is 5.49. The number of hydrogen-bond donors (Lipinski definition) is 0. The van der Waals surface area contributed by atoms with Gasteiger partial charge in [-0.15, -0.1) is 0 Å². The predicted octanol–water partition coefficient (Wildman–Crippen LogP) is 6.19. The molecule has 2 aliphatic heterocycles. The third-order valence-electron chi connectivity index (χ3n) is 6.88. The number of carbonyl (C=O) groups excluding carboxylic acids is 1. The van der Waals surface area contributed by atoms with Crippen LogP contribution in [-0.2, 0) is 6.54 Å². The predicted molar refractivity (Wildman–Crippen MR) is 129 cm³/mol. The van der Waals surface area contributed by atoms with Gasteiger partial charge in [-0.25, -0.2) is 0 Å². The number of hydrogen-bond acceptors (Lipinski definition) is 3. The minimum absolute atomic E-state index is 0.287. The lowest BCUT2D eigenvalue weighted by Crippen LogP contribution is -2.38. The van der Waals surface area contributed by atoms with E-state index >= 15 is 0 Å². The van der Waals surface area contributed by atoms with E-state index in [0.717, 1.165) is 48.1 Å². The largest absolute Gasteiger partial charge is 0.303 e. The van der Waals surface area contributed by atoms with Gasteiger partial charge in [0.1, 0.15) is 0 Å². The van der Waals surface area contributed by atoms with Crippen molar-refractivity contribution in [2.45, 2.75) is 38.6 Å². The van der Waals surface area contributed by atoms with Gasteiger partial charge in [0.15, 0.2) is 5.78 Å². The number of ketones is 1. The molecule has 2 heterocycles. The Morgan fingerprint density at radius 2 is 1.61 bits per heavy atom. The van der Waals surface area contributed by atoms with Gasteiger partial charge in [0.25, 0.3) is 0 Å². The minimum Gasteiger partial charge on any atom is -0.303 e. The van der Waals surface area contributed by atoms with Crippen LogP contribution in [-0.4, -0.2) is 48.3 Å². The van der Waals surface area contributed by atoms with Crippen molar-refractivity contribution in [2.24, 2.45) is 11.8 Å². The lowest BCUT2D eigenvalue weighted by atomic mass is 9.90. The third-order valence-corrected chi connectivity index (χ3v) is 7.46. The summed E-state index contributed by atoms with van der Waals surface area (Å²) in [6.07, 6.45) is 5.41. The van der Waals surface area contributed by atoms with E-state index in [1.807, 2.05) is 48.5 Å². The van der Waals surface area contributed by atoms with Gasteiger partial charge in [0, 0.05) is 41.7 Å². The van der Waals surface area contributed by atoms with Crippen LogP contribution in [0.4, 0.5) is 0 Å². The molecule has 166 valence electrons. The summed E-state index contributed by atoms with van der Waals surface area (Å²) < 4.78 is 0. The van der Waals surface area contributed by atoms with Gasteiger partial charge in [-0.1, -0.05) is 59.6 Å². The van der Waals surface area contributed by atoms with E-state index in [1.165, 1.54) is 38.9 Å². The van der Waals surface area contributed by atoms with Crippen LogP contribution in [0.3, 0.4) is 0 Å². The molecule has 1 atom stereocenters. The van der Waals surface area contributed by atoms with Crippen molar-refractivity contribution in [2.75, 3.05) is 32.7 Å². The molecular formula is C26H32Cl2N2O. The summed E-state index contributed by atoms with van der Waals surface area (Å²) in [4.78, 5) is 17.5. The molecule has 0 aromatic heterocycles. The van der Waals surface area contributed by atoms with E-state index in [4.69, 9.17) is 23.2 Å². The first-order valence-corrected chi connectivity index (χ1v) is 12.3. The Bertz CT molecular complexity index is 865. The summed E-state index contributed by atoms with van der Waals surface area (Å²) in [6, 6.07) is 15.5. The molecule has 0 amide bonds. The zero-order valence-corrected chi connectivity index (χ0v) is 19.6. The summed E-state index contributed by atoms with van der Waals surface area (Å²) in [6.45, 7) is 6.73. The molecule has 5 heteroatoms. The van der Waals surface area contributed by atoms with Gasteiger partial charge in [-0.05, 0) is 74.8 Å². The SMILES string of the molecule is O=C(CCC1CCN(C[C@H]2CCN(Cc3ccc(Cl)cc3Cl)C2)CC1)c1ccccc1. The quantitative estimate of drug-likeness (QED) is 0.440.